The second-order valence-electron chi connectivity index (χ2n) is 1.60. The fourth-order valence-electron chi connectivity index (χ4n) is 0.368. The number of thioether (sulfide) groups is 1. The highest BCUT2D eigenvalue weighted by molar-refractivity contribution is 7.99. The Balaban J connectivity index is 3.37. The van der Waals surface area contributed by atoms with E-state index in [-0.39, 0.29) is 6.08 Å². The summed E-state index contributed by atoms with van der Waals surface area (Å²) in [6.45, 7) is 1.91. The van der Waals surface area contributed by atoms with Crippen LogP contribution in [0.15, 0.2) is 12.2 Å². The van der Waals surface area contributed by atoms with E-state index in [2.05, 4.69) is 0 Å². The summed E-state index contributed by atoms with van der Waals surface area (Å²) in [6.07, 6.45) is -2.74. The summed E-state index contributed by atoms with van der Waals surface area (Å²) in [4.78, 5) is 0. The Morgan fingerprint density at radius 1 is 1.40 bits per heavy atom. The normalized spacial score (nSPS) is 12.8. The third-order valence-corrected chi connectivity index (χ3v) is 1.56. The van der Waals surface area contributed by atoms with E-state index in [4.69, 9.17) is 0 Å². The van der Waals surface area contributed by atoms with Crippen LogP contribution in [0.4, 0.5) is 13.2 Å². The number of hydrogen-bond donors (Lipinski definition) is 0. The van der Waals surface area contributed by atoms with Gasteiger partial charge < -0.3 is 0 Å². The lowest BCUT2D eigenvalue weighted by Gasteiger charge is -1.96. The van der Waals surface area contributed by atoms with Gasteiger partial charge in [-0.15, -0.1) is 0 Å². The van der Waals surface area contributed by atoms with Gasteiger partial charge in [-0.2, -0.15) is 24.9 Å². The lowest BCUT2D eigenvalue weighted by molar-refractivity contribution is -0.0799. The van der Waals surface area contributed by atoms with Gasteiger partial charge >= 0.3 is 6.18 Å². The van der Waals surface area contributed by atoms with E-state index < -0.39 is 6.18 Å². The molecule has 10 heavy (non-hydrogen) atoms. The number of halogens is 3. The second kappa shape index (κ2) is 4.66. The van der Waals surface area contributed by atoms with E-state index in [1.807, 2.05) is 6.92 Å². The monoisotopic (exact) mass is 170 g/mol. The summed E-state index contributed by atoms with van der Waals surface area (Å²) >= 11 is 1.46. The molecule has 0 atom stereocenters. The minimum absolute atomic E-state index is 0.273. The summed E-state index contributed by atoms with van der Waals surface area (Å²) in [5.41, 5.74) is 0. The average Bonchev–Trinajstić information content (AvgIpc) is 1.78. The zero-order valence-corrected chi connectivity index (χ0v) is 6.43. The molecule has 0 spiro atoms. The van der Waals surface area contributed by atoms with Crippen molar-refractivity contribution in [2.75, 3.05) is 11.5 Å². The van der Waals surface area contributed by atoms with Gasteiger partial charge in [0.25, 0.3) is 0 Å². The largest absolute Gasteiger partial charge is 0.409 e. The van der Waals surface area contributed by atoms with Crippen molar-refractivity contribution in [3.63, 3.8) is 0 Å². The van der Waals surface area contributed by atoms with Crippen molar-refractivity contribution in [2.45, 2.75) is 13.1 Å². The van der Waals surface area contributed by atoms with Crippen molar-refractivity contribution in [3.05, 3.63) is 12.2 Å². The molecule has 0 aromatic heterocycles. The van der Waals surface area contributed by atoms with Gasteiger partial charge in [0.05, 0.1) is 0 Å². The minimum atomic E-state index is -4.14. The number of rotatable bonds is 3. The maximum Gasteiger partial charge on any atom is 0.409 e. The lowest BCUT2D eigenvalue weighted by atomic mass is 10.5. The van der Waals surface area contributed by atoms with Gasteiger partial charge in [0.15, 0.2) is 0 Å². The van der Waals surface area contributed by atoms with E-state index in [9.17, 15) is 13.2 Å². The molecule has 0 saturated carbocycles. The predicted molar refractivity (Wildman–Crippen MR) is 38.2 cm³/mol. The molecule has 4 heteroatoms. The molecule has 0 N–H and O–H groups in total. The van der Waals surface area contributed by atoms with Gasteiger partial charge in [-0.25, -0.2) is 0 Å². The number of hydrogen-bond acceptors (Lipinski definition) is 1. The SMILES string of the molecule is CCSCC=CC(F)(F)F. The highest BCUT2D eigenvalue weighted by atomic mass is 32.2. The van der Waals surface area contributed by atoms with Crippen LogP contribution in [0.5, 0.6) is 0 Å². The molecule has 0 amide bonds. The maximum atomic E-state index is 11.4. The van der Waals surface area contributed by atoms with Gasteiger partial charge in [-0.05, 0) is 5.75 Å². The van der Waals surface area contributed by atoms with Crippen LogP contribution in [0.3, 0.4) is 0 Å². The van der Waals surface area contributed by atoms with Crippen LogP contribution in [-0.2, 0) is 0 Å². The first-order valence-corrected chi connectivity index (χ1v) is 4.04. The van der Waals surface area contributed by atoms with E-state index >= 15 is 0 Å². The standard InChI is InChI=1S/C6H9F3S/c1-2-10-5-3-4-6(7,8)9/h3-4H,2,5H2,1H3. The van der Waals surface area contributed by atoms with Crippen molar-refractivity contribution >= 4 is 11.8 Å². The molecule has 0 aliphatic heterocycles. The van der Waals surface area contributed by atoms with Gasteiger partial charge in [-0.1, -0.05) is 13.0 Å². The molecule has 0 heterocycles. The van der Waals surface area contributed by atoms with Gasteiger partial charge in [0.1, 0.15) is 0 Å². The van der Waals surface area contributed by atoms with Crippen molar-refractivity contribution in [1.82, 2.24) is 0 Å². The average molecular weight is 170 g/mol. The summed E-state index contributed by atoms with van der Waals surface area (Å²) < 4.78 is 34.2. The van der Waals surface area contributed by atoms with E-state index in [1.54, 1.807) is 0 Å². The molecule has 0 rings (SSSR count). The molecular weight excluding hydrogens is 161 g/mol. The Kier molecular flexibility index (Phi) is 4.60. The molecule has 0 unspecified atom stereocenters. The molecule has 0 fully saturated rings. The Morgan fingerprint density at radius 2 is 2.00 bits per heavy atom. The van der Waals surface area contributed by atoms with Crippen molar-refractivity contribution in [3.8, 4) is 0 Å². The fraction of sp³-hybridized carbons (Fsp3) is 0.667. The summed E-state index contributed by atoms with van der Waals surface area (Å²) in [5.74, 6) is 1.29. The first-order chi connectivity index (χ1) is 4.56. The first kappa shape index (κ1) is 9.88. The molecule has 0 bridgehead atoms. The van der Waals surface area contributed by atoms with Crippen molar-refractivity contribution in [2.24, 2.45) is 0 Å². The van der Waals surface area contributed by atoms with Gasteiger partial charge in [0, 0.05) is 11.8 Å². The number of alkyl halides is 3. The van der Waals surface area contributed by atoms with Crippen LogP contribution >= 0.6 is 11.8 Å². The second-order valence-corrected chi connectivity index (χ2v) is 2.92. The smallest absolute Gasteiger partial charge is 0.167 e. The Bertz CT molecular complexity index is 106. The van der Waals surface area contributed by atoms with E-state index in [0.717, 1.165) is 11.8 Å². The van der Waals surface area contributed by atoms with Crippen LogP contribution in [0.2, 0.25) is 0 Å². The molecule has 0 radical (unpaired) electrons. The zero-order chi connectivity index (χ0) is 8.04. The van der Waals surface area contributed by atoms with Crippen LogP contribution in [0.25, 0.3) is 0 Å². The lowest BCUT2D eigenvalue weighted by Crippen LogP contribution is -2.00. The fourth-order valence-corrected chi connectivity index (χ4v) is 0.836. The highest BCUT2D eigenvalue weighted by Crippen LogP contribution is 2.16. The van der Waals surface area contributed by atoms with Gasteiger partial charge in [0.2, 0.25) is 0 Å². The molecule has 0 saturated heterocycles. The maximum absolute atomic E-state index is 11.4. The van der Waals surface area contributed by atoms with Crippen molar-refractivity contribution < 1.29 is 13.2 Å². The minimum Gasteiger partial charge on any atom is -0.167 e. The molecule has 0 aliphatic rings. The Hall–Kier alpha value is -0.120. The molecule has 0 nitrogen and oxygen atoms in total. The third-order valence-electron chi connectivity index (χ3n) is 0.725. The quantitative estimate of drug-likeness (QED) is 0.463. The van der Waals surface area contributed by atoms with Crippen LogP contribution < -0.4 is 0 Å². The summed E-state index contributed by atoms with van der Waals surface area (Å²) in [5, 5.41) is 0. The third kappa shape index (κ3) is 7.88. The molecule has 0 aromatic carbocycles. The molecule has 0 aromatic rings. The van der Waals surface area contributed by atoms with Crippen LogP contribution in [0.1, 0.15) is 6.92 Å². The first-order valence-electron chi connectivity index (χ1n) is 2.88. The van der Waals surface area contributed by atoms with E-state index in [0.29, 0.717) is 5.75 Å². The van der Waals surface area contributed by atoms with Crippen LogP contribution in [-0.4, -0.2) is 17.7 Å². The van der Waals surface area contributed by atoms with Crippen molar-refractivity contribution in [1.29, 1.82) is 0 Å². The van der Waals surface area contributed by atoms with Gasteiger partial charge in [-0.3, -0.25) is 0 Å². The molecule has 0 aliphatic carbocycles. The number of allylic oxidation sites excluding steroid dienone is 1. The van der Waals surface area contributed by atoms with E-state index in [1.165, 1.54) is 11.8 Å². The predicted octanol–water partition coefficient (Wildman–Crippen LogP) is 2.86. The topological polar surface area (TPSA) is 0 Å². The summed E-state index contributed by atoms with van der Waals surface area (Å²) in [6, 6.07) is 0. The Morgan fingerprint density at radius 3 is 2.40 bits per heavy atom. The molecular formula is C6H9F3S. The molecule has 60 valence electrons. The summed E-state index contributed by atoms with van der Waals surface area (Å²) in [7, 11) is 0. The zero-order valence-electron chi connectivity index (χ0n) is 5.61. The Labute approximate surface area is 62.5 Å². The van der Waals surface area contributed by atoms with Crippen LogP contribution in [0, 0.1) is 0 Å². The highest BCUT2D eigenvalue weighted by Gasteiger charge is 2.21.